The summed E-state index contributed by atoms with van der Waals surface area (Å²) in [5, 5.41) is 12.1. The number of nitrogens with two attached hydrogens (primary N) is 1. The van der Waals surface area contributed by atoms with Gasteiger partial charge in [0.15, 0.2) is 0 Å². The Morgan fingerprint density at radius 2 is 2.12 bits per heavy atom. The van der Waals surface area contributed by atoms with Crippen molar-refractivity contribution in [3.8, 4) is 0 Å². The van der Waals surface area contributed by atoms with Crippen molar-refractivity contribution in [3.05, 3.63) is 29.8 Å². The van der Waals surface area contributed by atoms with Crippen molar-refractivity contribution in [2.45, 2.75) is 24.8 Å². The van der Waals surface area contributed by atoms with Gasteiger partial charge in [-0.05, 0) is 31.4 Å². The number of aliphatic hydroxyl groups is 1. The van der Waals surface area contributed by atoms with Crippen LogP contribution in [0.4, 0.5) is 5.69 Å². The van der Waals surface area contributed by atoms with Gasteiger partial charge >= 0.3 is 0 Å². The van der Waals surface area contributed by atoms with Crippen molar-refractivity contribution in [1.82, 2.24) is 5.32 Å². The second-order valence-electron chi connectivity index (χ2n) is 4.33. The summed E-state index contributed by atoms with van der Waals surface area (Å²) >= 11 is 0. The van der Waals surface area contributed by atoms with Crippen molar-refractivity contribution in [3.63, 3.8) is 0 Å². The molecule has 0 spiro atoms. The molecule has 2 rings (SSSR count). The van der Waals surface area contributed by atoms with Gasteiger partial charge in [0.25, 0.3) is 5.91 Å². The van der Waals surface area contributed by atoms with Crippen molar-refractivity contribution in [1.29, 1.82) is 0 Å². The first-order valence-corrected chi connectivity index (χ1v) is 5.45. The Morgan fingerprint density at radius 3 is 2.62 bits per heavy atom. The number of benzene rings is 1. The molecule has 1 aromatic carbocycles. The molecule has 0 atom stereocenters. The monoisotopic (exact) mass is 220 g/mol. The molecule has 0 bridgehead atoms. The van der Waals surface area contributed by atoms with E-state index in [4.69, 9.17) is 5.73 Å². The molecule has 0 saturated heterocycles. The smallest absolute Gasteiger partial charge is 0.253 e. The first-order valence-electron chi connectivity index (χ1n) is 5.45. The van der Waals surface area contributed by atoms with Crippen LogP contribution in [0.2, 0.25) is 0 Å². The van der Waals surface area contributed by atoms with Gasteiger partial charge in [0.2, 0.25) is 0 Å². The Balaban J connectivity index is 2.11. The molecule has 1 aliphatic rings. The summed E-state index contributed by atoms with van der Waals surface area (Å²) in [6, 6.07) is 6.95. The molecule has 1 saturated carbocycles. The average Bonchev–Trinajstić information content (AvgIpc) is 2.24. The first-order chi connectivity index (χ1) is 7.67. The van der Waals surface area contributed by atoms with E-state index in [1.165, 1.54) is 0 Å². The largest absolute Gasteiger partial charge is 0.398 e. The summed E-state index contributed by atoms with van der Waals surface area (Å²) < 4.78 is 0. The van der Waals surface area contributed by atoms with Crippen LogP contribution in [0, 0.1) is 0 Å². The fourth-order valence-corrected chi connectivity index (χ4v) is 1.94. The Bertz CT molecular complexity index is 394. The molecular weight excluding hydrogens is 204 g/mol. The molecule has 0 unspecified atom stereocenters. The molecule has 4 heteroatoms. The van der Waals surface area contributed by atoms with Crippen LogP contribution in [0.3, 0.4) is 0 Å². The van der Waals surface area contributed by atoms with Crippen molar-refractivity contribution in [2.75, 3.05) is 12.3 Å². The van der Waals surface area contributed by atoms with Crippen LogP contribution in [-0.4, -0.2) is 23.2 Å². The van der Waals surface area contributed by atoms with E-state index in [0.717, 1.165) is 19.3 Å². The molecule has 1 aliphatic carbocycles. The van der Waals surface area contributed by atoms with Crippen LogP contribution in [0.5, 0.6) is 0 Å². The number of carbonyl (C=O) groups excluding carboxylic acids is 1. The normalized spacial score (nSPS) is 17.6. The van der Waals surface area contributed by atoms with Gasteiger partial charge in [-0.3, -0.25) is 4.79 Å². The summed E-state index contributed by atoms with van der Waals surface area (Å²) in [6.45, 7) is -0.00845. The highest BCUT2D eigenvalue weighted by Gasteiger charge is 2.38. The molecule has 4 nitrogen and oxygen atoms in total. The number of para-hydroxylation sites is 1. The van der Waals surface area contributed by atoms with Crippen molar-refractivity contribution < 1.29 is 9.90 Å². The van der Waals surface area contributed by atoms with Gasteiger partial charge < -0.3 is 16.2 Å². The minimum atomic E-state index is -0.417. The van der Waals surface area contributed by atoms with Crippen LogP contribution >= 0.6 is 0 Å². The lowest BCUT2D eigenvalue weighted by Crippen LogP contribution is -2.56. The van der Waals surface area contributed by atoms with E-state index in [0.29, 0.717) is 11.3 Å². The SMILES string of the molecule is Nc1ccccc1C(=O)NC1(CO)CCC1. The van der Waals surface area contributed by atoms with E-state index in [9.17, 15) is 9.90 Å². The van der Waals surface area contributed by atoms with E-state index >= 15 is 0 Å². The molecule has 0 heterocycles. The maximum atomic E-state index is 11.9. The number of hydrogen-bond acceptors (Lipinski definition) is 3. The van der Waals surface area contributed by atoms with E-state index in [1.807, 2.05) is 0 Å². The third-order valence-corrected chi connectivity index (χ3v) is 3.20. The van der Waals surface area contributed by atoms with Gasteiger partial charge in [-0.1, -0.05) is 12.1 Å². The number of amides is 1. The Kier molecular flexibility index (Phi) is 2.83. The highest BCUT2D eigenvalue weighted by molar-refractivity contribution is 5.99. The van der Waals surface area contributed by atoms with Crippen LogP contribution in [0.25, 0.3) is 0 Å². The fourth-order valence-electron chi connectivity index (χ4n) is 1.94. The maximum Gasteiger partial charge on any atom is 0.253 e. The van der Waals surface area contributed by atoms with Crippen molar-refractivity contribution in [2.24, 2.45) is 0 Å². The summed E-state index contributed by atoms with van der Waals surface area (Å²) in [5.74, 6) is -0.202. The number of rotatable bonds is 3. The van der Waals surface area contributed by atoms with Gasteiger partial charge in [0.1, 0.15) is 0 Å². The zero-order valence-electron chi connectivity index (χ0n) is 9.07. The quantitative estimate of drug-likeness (QED) is 0.663. The second-order valence-corrected chi connectivity index (χ2v) is 4.33. The zero-order valence-corrected chi connectivity index (χ0v) is 9.07. The predicted octanol–water partition coefficient (Wildman–Crippen LogP) is 0.914. The Labute approximate surface area is 94.5 Å². The summed E-state index contributed by atoms with van der Waals surface area (Å²) in [5.41, 5.74) is 6.24. The molecule has 4 N–H and O–H groups in total. The zero-order chi connectivity index (χ0) is 11.6. The van der Waals surface area contributed by atoms with Gasteiger partial charge in [0.05, 0.1) is 17.7 Å². The molecule has 0 aromatic heterocycles. The van der Waals surface area contributed by atoms with Gasteiger partial charge in [-0.15, -0.1) is 0 Å². The van der Waals surface area contributed by atoms with Gasteiger partial charge in [0, 0.05) is 5.69 Å². The second kappa shape index (κ2) is 4.14. The highest BCUT2D eigenvalue weighted by atomic mass is 16.3. The lowest BCUT2D eigenvalue weighted by Gasteiger charge is -2.41. The average molecular weight is 220 g/mol. The van der Waals surface area contributed by atoms with Crippen LogP contribution in [0.15, 0.2) is 24.3 Å². The summed E-state index contributed by atoms with van der Waals surface area (Å²) in [6.07, 6.45) is 2.72. The van der Waals surface area contributed by atoms with E-state index < -0.39 is 5.54 Å². The standard InChI is InChI=1S/C12H16N2O2/c13-10-5-2-1-4-9(10)11(16)14-12(8-15)6-3-7-12/h1-2,4-5,15H,3,6-8,13H2,(H,14,16). The van der Waals surface area contributed by atoms with Crippen molar-refractivity contribution >= 4 is 11.6 Å². The Hall–Kier alpha value is -1.55. The minimum absolute atomic E-state index is 0.00845. The number of carbonyl (C=O) groups is 1. The molecule has 0 radical (unpaired) electrons. The number of anilines is 1. The number of nitrogen functional groups attached to an aromatic ring is 1. The topological polar surface area (TPSA) is 75.4 Å². The van der Waals surface area contributed by atoms with E-state index in [2.05, 4.69) is 5.32 Å². The van der Waals surface area contributed by atoms with Crippen LogP contribution in [-0.2, 0) is 0 Å². The van der Waals surface area contributed by atoms with Gasteiger partial charge in [-0.2, -0.15) is 0 Å². The van der Waals surface area contributed by atoms with E-state index in [1.54, 1.807) is 24.3 Å². The molecule has 1 aromatic rings. The lowest BCUT2D eigenvalue weighted by atomic mass is 9.77. The molecular formula is C12H16N2O2. The number of aliphatic hydroxyl groups excluding tert-OH is 1. The Morgan fingerprint density at radius 1 is 1.44 bits per heavy atom. The number of hydrogen-bond donors (Lipinski definition) is 3. The summed E-state index contributed by atoms with van der Waals surface area (Å²) in [7, 11) is 0. The minimum Gasteiger partial charge on any atom is -0.398 e. The van der Waals surface area contributed by atoms with E-state index in [-0.39, 0.29) is 12.5 Å². The third kappa shape index (κ3) is 1.88. The first kappa shape index (κ1) is 11.0. The molecule has 0 aliphatic heterocycles. The summed E-state index contributed by atoms with van der Waals surface area (Å²) in [4.78, 5) is 11.9. The highest BCUT2D eigenvalue weighted by Crippen LogP contribution is 2.31. The molecule has 16 heavy (non-hydrogen) atoms. The van der Waals surface area contributed by atoms with Crippen LogP contribution in [0.1, 0.15) is 29.6 Å². The third-order valence-electron chi connectivity index (χ3n) is 3.20. The predicted molar refractivity (Wildman–Crippen MR) is 62.0 cm³/mol. The fraction of sp³-hybridized carbons (Fsp3) is 0.417. The number of nitrogens with one attached hydrogen (secondary N) is 1. The molecule has 1 amide bonds. The maximum absolute atomic E-state index is 11.9. The van der Waals surface area contributed by atoms with Gasteiger partial charge in [-0.25, -0.2) is 0 Å². The molecule has 1 fully saturated rings. The molecule has 86 valence electrons. The lowest BCUT2D eigenvalue weighted by molar-refractivity contribution is 0.0642. The van der Waals surface area contributed by atoms with Crippen LogP contribution < -0.4 is 11.1 Å².